The fraction of sp³-hybridized carbons (Fsp3) is 0.467. The molecule has 0 heterocycles. The standard InChI is InChI=1S/C15H20FNO6/c1-15(2,3)23-14(22)17-7-10(18)12(19)8-5-4-6-9(16)11(8)13(20)21/h4-6,10,12,18-19H,7H2,1-3H3,(H,17,22)(H,20,21). The van der Waals surface area contributed by atoms with Crippen molar-refractivity contribution in [1.29, 1.82) is 0 Å². The molecule has 128 valence electrons. The second-order valence-corrected chi connectivity index (χ2v) is 5.90. The summed E-state index contributed by atoms with van der Waals surface area (Å²) >= 11 is 0. The molecule has 0 saturated carbocycles. The van der Waals surface area contributed by atoms with Gasteiger partial charge in [-0.2, -0.15) is 0 Å². The predicted octanol–water partition coefficient (Wildman–Crippen LogP) is 1.44. The lowest BCUT2D eigenvalue weighted by Gasteiger charge is -2.23. The Bertz CT molecular complexity index is 584. The molecule has 1 aromatic rings. The lowest BCUT2D eigenvalue weighted by atomic mass is 9.98. The number of aliphatic hydroxyl groups excluding tert-OH is 2. The van der Waals surface area contributed by atoms with E-state index < -0.39 is 47.8 Å². The number of aliphatic hydroxyl groups is 2. The van der Waals surface area contributed by atoms with Crippen LogP contribution in [0.2, 0.25) is 0 Å². The Morgan fingerprint density at radius 3 is 2.43 bits per heavy atom. The van der Waals surface area contributed by atoms with E-state index in [1.54, 1.807) is 20.8 Å². The highest BCUT2D eigenvalue weighted by molar-refractivity contribution is 5.89. The topological polar surface area (TPSA) is 116 Å². The summed E-state index contributed by atoms with van der Waals surface area (Å²) in [5.41, 5.74) is -1.74. The first kappa shape index (κ1) is 18.9. The van der Waals surface area contributed by atoms with Gasteiger partial charge in [0.2, 0.25) is 0 Å². The molecular formula is C15H20FNO6. The number of carboxylic acid groups (broad SMARTS) is 1. The highest BCUT2D eigenvalue weighted by Crippen LogP contribution is 2.23. The molecule has 23 heavy (non-hydrogen) atoms. The van der Waals surface area contributed by atoms with Crippen molar-refractivity contribution < 1.29 is 34.0 Å². The van der Waals surface area contributed by atoms with Crippen LogP contribution >= 0.6 is 0 Å². The Hall–Kier alpha value is -2.19. The quantitative estimate of drug-likeness (QED) is 0.649. The van der Waals surface area contributed by atoms with Gasteiger partial charge in [-0.05, 0) is 26.8 Å². The van der Waals surface area contributed by atoms with Crippen molar-refractivity contribution >= 4 is 12.1 Å². The fourth-order valence-electron chi connectivity index (χ4n) is 1.83. The molecule has 8 heteroatoms. The second-order valence-electron chi connectivity index (χ2n) is 5.90. The first-order chi connectivity index (χ1) is 10.5. The van der Waals surface area contributed by atoms with Crippen LogP contribution in [0.25, 0.3) is 0 Å². The number of aromatic carboxylic acids is 1. The van der Waals surface area contributed by atoms with Gasteiger partial charge < -0.3 is 25.4 Å². The van der Waals surface area contributed by atoms with Crippen LogP contribution in [0.4, 0.5) is 9.18 Å². The molecule has 1 rings (SSSR count). The van der Waals surface area contributed by atoms with Gasteiger partial charge in [-0.25, -0.2) is 14.0 Å². The number of amides is 1. The number of halogens is 1. The molecule has 0 aliphatic rings. The van der Waals surface area contributed by atoms with Gasteiger partial charge in [-0.15, -0.1) is 0 Å². The predicted molar refractivity (Wildman–Crippen MR) is 78.6 cm³/mol. The van der Waals surface area contributed by atoms with E-state index in [2.05, 4.69) is 5.32 Å². The van der Waals surface area contributed by atoms with E-state index in [4.69, 9.17) is 9.84 Å². The molecule has 0 fully saturated rings. The van der Waals surface area contributed by atoms with Crippen LogP contribution in [0.3, 0.4) is 0 Å². The maximum absolute atomic E-state index is 13.6. The maximum Gasteiger partial charge on any atom is 0.407 e. The third-order valence-corrected chi connectivity index (χ3v) is 2.80. The molecule has 0 aliphatic carbocycles. The number of carboxylic acids is 1. The minimum Gasteiger partial charge on any atom is -0.478 e. The maximum atomic E-state index is 13.6. The molecular weight excluding hydrogens is 309 g/mol. The monoisotopic (exact) mass is 329 g/mol. The van der Waals surface area contributed by atoms with Crippen LogP contribution in [0.15, 0.2) is 18.2 Å². The summed E-state index contributed by atoms with van der Waals surface area (Å²) in [6, 6.07) is 3.34. The normalized spacial score (nSPS) is 14.0. The van der Waals surface area contributed by atoms with E-state index in [-0.39, 0.29) is 5.56 Å². The molecule has 0 aromatic heterocycles. The van der Waals surface area contributed by atoms with Gasteiger partial charge >= 0.3 is 12.1 Å². The van der Waals surface area contributed by atoms with Crippen LogP contribution in [0.5, 0.6) is 0 Å². The van der Waals surface area contributed by atoms with Gasteiger partial charge in [-0.3, -0.25) is 0 Å². The summed E-state index contributed by atoms with van der Waals surface area (Å²) < 4.78 is 18.5. The van der Waals surface area contributed by atoms with Crippen LogP contribution in [0.1, 0.15) is 42.8 Å². The minimum absolute atomic E-state index is 0.281. The zero-order valence-corrected chi connectivity index (χ0v) is 13.0. The number of hydrogen-bond donors (Lipinski definition) is 4. The van der Waals surface area contributed by atoms with Crippen molar-refractivity contribution in [3.8, 4) is 0 Å². The highest BCUT2D eigenvalue weighted by Gasteiger charge is 2.27. The number of nitrogens with one attached hydrogen (secondary N) is 1. The lowest BCUT2D eigenvalue weighted by Crippen LogP contribution is -2.39. The molecule has 0 bridgehead atoms. The Morgan fingerprint density at radius 1 is 1.30 bits per heavy atom. The van der Waals surface area contributed by atoms with Crippen molar-refractivity contribution in [3.05, 3.63) is 35.1 Å². The van der Waals surface area contributed by atoms with Gasteiger partial charge in [-0.1, -0.05) is 12.1 Å². The van der Waals surface area contributed by atoms with Gasteiger partial charge in [0, 0.05) is 12.1 Å². The van der Waals surface area contributed by atoms with E-state index in [0.29, 0.717) is 0 Å². The van der Waals surface area contributed by atoms with Crippen LogP contribution in [0, 0.1) is 5.82 Å². The van der Waals surface area contributed by atoms with Gasteiger partial charge in [0.15, 0.2) is 0 Å². The molecule has 0 saturated heterocycles. The summed E-state index contributed by atoms with van der Waals surface area (Å²) in [4.78, 5) is 22.5. The zero-order valence-electron chi connectivity index (χ0n) is 13.0. The van der Waals surface area contributed by atoms with Crippen molar-refractivity contribution in [2.24, 2.45) is 0 Å². The Kier molecular flexibility index (Phi) is 6.05. The number of carbonyl (C=O) groups excluding carboxylic acids is 1. The molecule has 1 amide bonds. The average Bonchev–Trinajstić information content (AvgIpc) is 2.41. The molecule has 2 atom stereocenters. The second kappa shape index (κ2) is 7.38. The van der Waals surface area contributed by atoms with Crippen molar-refractivity contribution in [2.75, 3.05) is 6.54 Å². The third-order valence-electron chi connectivity index (χ3n) is 2.80. The lowest BCUT2D eigenvalue weighted by molar-refractivity contribution is 0.0119. The number of benzene rings is 1. The molecule has 0 spiro atoms. The summed E-state index contributed by atoms with van der Waals surface area (Å²) in [5.74, 6) is -2.59. The summed E-state index contributed by atoms with van der Waals surface area (Å²) in [6.45, 7) is 4.57. The molecule has 2 unspecified atom stereocenters. The van der Waals surface area contributed by atoms with Gasteiger partial charge in [0.25, 0.3) is 0 Å². The number of rotatable bonds is 5. The van der Waals surface area contributed by atoms with Crippen LogP contribution in [-0.2, 0) is 4.74 Å². The summed E-state index contributed by atoms with van der Waals surface area (Å²) in [7, 11) is 0. The van der Waals surface area contributed by atoms with Gasteiger partial charge in [0.05, 0.1) is 0 Å². The average molecular weight is 329 g/mol. The number of hydrogen-bond acceptors (Lipinski definition) is 5. The van der Waals surface area contributed by atoms with Crippen molar-refractivity contribution in [3.63, 3.8) is 0 Å². The minimum atomic E-state index is -1.69. The number of ether oxygens (including phenoxy) is 1. The molecule has 4 N–H and O–H groups in total. The molecule has 0 radical (unpaired) electrons. The molecule has 7 nitrogen and oxygen atoms in total. The smallest absolute Gasteiger partial charge is 0.407 e. The van der Waals surface area contributed by atoms with Gasteiger partial charge in [0.1, 0.15) is 29.2 Å². The first-order valence-electron chi connectivity index (χ1n) is 6.87. The Labute approximate surface area is 132 Å². The summed E-state index contributed by atoms with van der Waals surface area (Å²) in [6.07, 6.45) is -4.03. The third kappa shape index (κ3) is 5.50. The van der Waals surface area contributed by atoms with Crippen LogP contribution in [-0.4, -0.2) is 45.6 Å². The summed E-state index contributed by atoms with van der Waals surface area (Å²) in [5, 5.41) is 31.1. The molecule has 1 aromatic carbocycles. The fourth-order valence-corrected chi connectivity index (χ4v) is 1.83. The van der Waals surface area contributed by atoms with E-state index in [1.165, 1.54) is 12.1 Å². The number of carbonyl (C=O) groups is 2. The van der Waals surface area contributed by atoms with E-state index in [9.17, 15) is 24.2 Å². The van der Waals surface area contributed by atoms with Crippen molar-refractivity contribution in [1.82, 2.24) is 5.32 Å². The first-order valence-corrected chi connectivity index (χ1v) is 6.87. The van der Waals surface area contributed by atoms with E-state index in [1.807, 2.05) is 0 Å². The van der Waals surface area contributed by atoms with Crippen LogP contribution < -0.4 is 5.32 Å². The number of alkyl carbamates (subject to hydrolysis) is 1. The molecule has 0 aliphatic heterocycles. The zero-order chi connectivity index (χ0) is 17.8. The van der Waals surface area contributed by atoms with E-state index in [0.717, 1.165) is 6.07 Å². The highest BCUT2D eigenvalue weighted by atomic mass is 19.1. The SMILES string of the molecule is CC(C)(C)OC(=O)NCC(O)C(O)c1cccc(F)c1C(=O)O. The van der Waals surface area contributed by atoms with Crippen molar-refractivity contribution in [2.45, 2.75) is 38.6 Å². The Morgan fingerprint density at radius 2 is 1.91 bits per heavy atom. The largest absolute Gasteiger partial charge is 0.478 e. The Balaban J connectivity index is 2.78. The van der Waals surface area contributed by atoms with E-state index >= 15 is 0 Å².